The number of fused-ring (bicyclic) bond motifs is 1. The van der Waals surface area contributed by atoms with Crippen molar-refractivity contribution in [2.75, 3.05) is 29.5 Å². The maximum absolute atomic E-state index is 12.1. The largest absolute Gasteiger partial charge is 0.382 e. The molecule has 9 heteroatoms. The zero-order chi connectivity index (χ0) is 22.7. The lowest BCUT2D eigenvalue weighted by atomic mass is 10.00. The Balaban J connectivity index is 1.59. The third-order valence-electron chi connectivity index (χ3n) is 5.73. The molecule has 3 heterocycles. The summed E-state index contributed by atoms with van der Waals surface area (Å²) in [5.74, 6) is 0.490. The first-order chi connectivity index (χ1) is 15.4. The monoisotopic (exact) mass is 453 g/mol. The molecule has 1 aliphatic heterocycles. The molecular formula is C23H27N5O3S. The van der Waals surface area contributed by atoms with Crippen LogP contribution in [-0.2, 0) is 14.8 Å². The number of benzene rings is 1. The molecule has 3 aromatic rings. The van der Waals surface area contributed by atoms with Gasteiger partial charge in [-0.05, 0) is 61.0 Å². The van der Waals surface area contributed by atoms with Gasteiger partial charge in [-0.1, -0.05) is 0 Å². The first-order valence-corrected chi connectivity index (χ1v) is 12.3. The first kappa shape index (κ1) is 22.2. The quantitative estimate of drug-likeness (QED) is 0.592. The number of anilines is 2. The van der Waals surface area contributed by atoms with E-state index < -0.39 is 10.0 Å². The maximum atomic E-state index is 12.1. The van der Waals surface area contributed by atoms with Crippen molar-refractivity contribution in [1.82, 2.24) is 14.3 Å². The second-order valence-electron chi connectivity index (χ2n) is 7.95. The third-order valence-corrected chi connectivity index (χ3v) is 7.61. The third kappa shape index (κ3) is 4.89. The molecule has 0 radical (unpaired) electrons. The summed E-state index contributed by atoms with van der Waals surface area (Å²) in [7, 11) is -3.14. The molecule has 1 aromatic carbocycles. The van der Waals surface area contributed by atoms with Crippen molar-refractivity contribution in [2.24, 2.45) is 0 Å². The predicted molar refractivity (Wildman–Crippen MR) is 127 cm³/mol. The van der Waals surface area contributed by atoms with Crippen molar-refractivity contribution in [2.45, 2.75) is 32.7 Å². The average molecular weight is 454 g/mol. The molecule has 0 atom stereocenters. The topological polar surface area (TPSA) is 104 Å². The summed E-state index contributed by atoms with van der Waals surface area (Å²) in [6, 6.07) is 10.0. The molecule has 1 aliphatic rings. The molecule has 168 valence electrons. The van der Waals surface area contributed by atoms with Gasteiger partial charge in [-0.3, -0.25) is 9.78 Å². The molecule has 8 nitrogen and oxygen atoms in total. The number of nitrogens with one attached hydrogen (secondary N) is 2. The number of pyridine rings is 2. The highest BCUT2D eigenvalue weighted by Crippen LogP contribution is 2.32. The Hall–Kier alpha value is -3.04. The number of carbonyl (C=O) groups excluding carboxylic acids is 1. The molecule has 1 amide bonds. The number of carbonyl (C=O) groups is 1. The van der Waals surface area contributed by atoms with Crippen molar-refractivity contribution < 1.29 is 13.2 Å². The fraction of sp³-hybridized carbons (Fsp3) is 0.348. The Morgan fingerprint density at radius 2 is 1.91 bits per heavy atom. The van der Waals surface area contributed by atoms with Crippen LogP contribution < -0.4 is 10.6 Å². The molecule has 32 heavy (non-hydrogen) atoms. The van der Waals surface area contributed by atoms with Gasteiger partial charge < -0.3 is 10.6 Å². The summed E-state index contributed by atoms with van der Waals surface area (Å²) in [6.07, 6.45) is 6.85. The lowest BCUT2D eigenvalue weighted by Gasteiger charge is -2.32. The van der Waals surface area contributed by atoms with Crippen molar-refractivity contribution >= 4 is 38.2 Å². The smallest absolute Gasteiger partial charge is 0.222 e. The van der Waals surface area contributed by atoms with Gasteiger partial charge in [-0.25, -0.2) is 17.7 Å². The number of rotatable bonds is 6. The fourth-order valence-corrected chi connectivity index (χ4v) is 5.12. The van der Waals surface area contributed by atoms with Crippen LogP contribution in [0.2, 0.25) is 0 Å². The van der Waals surface area contributed by atoms with E-state index in [1.165, 1.54) is 6.92 Å². The summed E-state index contributed by atoms with van der Waals surface area (Å²) < 4.78 is 25.9. The van der Waals surface area contributed by atoms with Gasteiger partial charge in [0, 0.05) is 61.3 Å². The van der Waals surface area contributed by atoms with Gasteiger partial charge in [0.1, 0.15) is 5.82 Å². The highest BCUT2D eigenvalue weighted by Gasteiger charge is 2.26. The lowest BCUT2D eigenvalue weighted by molar-refractivity contribution is -0.114. The van der Waals surface area contributed by atoms with Crippen LogP contribution in [0.4, 0.5) is 11.5 Å². The minimum Gasteiger partial charge on any atom is -0.382 e. The lowest BCUT2D eigenvalue weighted by Crippen LogP contribution is -2.42. The van der Waals surface area contributed by atoms with E-state index in [1.807, 2.05) is 18.3 Å². The average Bonchev–Trinajstić information content (AvgIpc) is 2.79. The Bertz CT molecular complexity index is 1220. The van der Waals surface area contributed by atoms with Crippen molar-refractivity contribution in [3.63, 3.8) is 0 Å². The molecule has 0 spiro atoms. The van der Waals surface area contributed by atoms with E-state index in [0.29, 0.717) is 18.9 Å². The van der Waals surface area contributed by atoms with E-state index in [2.05, 4.69) is 32.7 Å². The molecule has 2 N–H and O–H groups in total. The highest BCUT2D eigenvalue weighted by molar-refractivity contribution is 7.89. The zero-order valence-corrected chi connectivity index (χ0v) is 19.0. The fourth-order valence-electron chi connectivity index (χ4n) is 3.98. The second-order valence-corrected chi connectivity index (χ2v) is 10.2. The normalized spacial score (nSPS) is 15.6. The standard InChI is InChI=1S/C23H27N5O3S/c1-3-32(30,31)28-10-7-20(8-11-28)27-22-13-19(12-17-6-9-24-15-21(17)22)18-4-5-23(25-14-18)26-16(2)29/h4-6,9,12-15,20,27H,3,7-8,10-11H2,1-2H3,(H,25,26,29). The highest BCUT2D eigenvalue weighted by atomic mass is 32.2. The summed E-state index contributed by atoms with van der Waals surface area (Å²) in [5.41, 5.74) is 2.90. The van der Waals surface area contributed by atoms with Gasteiger partial charge in [0.2, 0.25) is 15.9 Å². The number of nitrogens with zero attached hydrogens (tertiary/aromatic N) is 3. The molecule has 0 unspecified atom stereocenters. The zero-order valence-electron chi connectivity index (χ0n) is 18.2. The molecule has 2 aromatic heterocycles. The van der Waals surface area contributed by atoms with Crippen molar-refractivity contribution in [1.29, 1.82) is 0 Å². The molecule has 4 rings (SSSR count). The van der Waals surface area contributed by atoms with Gasteiger partial charge in [-0.2, -0.15) is 0 Å². The summed E-state index contributed by atoms with van der Waals surface area (Å²) >= 11 is 0. The van der Waals surface area contributed by atoms with Crippen LogP contribution in [0.3, 0.4) is 0 Å². The maximum Gasteiger partial charge on any atom is 0.222 e. The van der Waals surface area contributed by atoms with Crippen LogP contribution in [0.25, 0.3) is 21.9 Å². The number of hydrogen-bond donors (Lipinski definition) is 2. The number of piperidine rings is 1. The number of amides is 1. The summed E-state index contributed by atoms with van der Waals surface area (Å²) in [6.45, 7) is 4.19. The summed E-state index contributed by atoms with van der Waals surface area (Å²) in [4.78, 5) is 19.9. The number of sulfonamides is 1. The van der Waals surface area contributed by atoms with Crippen LogP contribution in [-0.4, -0.2) is 53.5 Å². The molecule has 0 saturated carbocycles. The first-order valence-electron chi connectivity index (χ1n) is 10.7. The molecular weight excluding hydrogens is 426 g/mol. The van der Waals surface area contributed by atoms with Gasteiger partial charge >= 0.3 is 0 Å². The van der Waals surface area contributed by atoms with Gasteiger partial charge in [-0.15, -0.1) is 0 Å². The molecule has 1 fully saturated rings. The minimum atomic E-state index is -3.14. The van der Waals surface area contributed by atoms with E-state index >= 15 is 0 Å². The SMILES string of the molecule is CCS(=O)(=O)N1CCC(Nc2cc(-c3ccc(NC(C)=O)nc3)cc3ccncc23)CC1. The van der Waals surface area contributed by atoms with Crippen molar-refractivity contribution in [3.05, 3.63) is 48.9 Å². The van der Waals surface area contributed by atoms with E-state index in [0.717, 1.165) is 40.4 Å². The Kier molecular flexibility index (Phi) is 6.38. The van der Waals surface area contributed by atoms with Crippen LogP contribution >= 0.6 is 0 Å². The van der Waals surface area contributed by atoms with Gasteiger partial charge in [0.15, 0.2) is 0 Å². The number of aromatic nitrogens is 2. The van der Waals surface area contributed by atoms with Gasteiger partial charge in [0.05, 0.1) is 5.75 Å². The minimum absolute atomic E-state index is 0.137. The molecule has 0 aliphatic carbocycles. The Morgan fingerprint density at radius 3 is 2.56 bits per heavy atom. The predicted octanol–water partition coefficient (Wildman–Crippen LogP) is 3.48. The molecule has 1 saturated heterocycles. The molecule has 0 bridgehead atoms. The van der Waals surface area contributed by atoms with Crippen LogP contribution in [0.5, 0.6) is 0 Å². The van der Waals surface area contributed by atoms with E-state index in [-0.39, 0.29) is 17.7 Å². The summed E-state index contributed by atoms with van der Waals surface area (Å²) in [5, 5.41) is 8.37. The van der Waals surface area contributed by atoms with E-state index in [4.69, 9.17) is 0 Å². The number of hydrogen-bond acceptors (Lipinski definition) is 6. The van der Waals surface area contributed by atoms with Crippen molar-refractivity contribution in [3.8, 4) is 11.1 Å². The Labute approximate surface area is 188 Å². The van der Waals surface area contributed by atoms with E-state index in [1.54, 1.807) is 29.7 Å². The van der Waals surface area contributed by atoms with Crippen LogP contribution in [0.15, 0.2) is 48.9 Å². The second kappa shape index (κ2) is 9.22. The van der Waals surface area contributed by atoms with Crippen LogP contribution in [0, 0.1) is 0 Å². The van der Waals surface area contributed by atoms with Crippen LogP contribution in [0.1, 0.15) is 26.7 Å². The van der Waals surface area contributed by atoms with Gasteiger partial charge in [0.25, 0.3) is 0 Å². The van der Waals surface area contributed by atoms with E-state index in [9.17, 15) is 13.2 Å². The Morgan fingerprint density at radius 1 is 1.12 bits per heavy atom.